The topological polar surface area (TPSA) is 80.4 Å². The number of anilines is 1. The lowest BCUT2D eigenvalue weighted by Gasteiger charge is -2.33. The molecule has 1 atom stereocenters. The Morgan fingerprint density at radius 2 is 1.96 bits per heavy atom. The van der Waals surface area contributed by atoms with Crippen LogP contribution in [0.15, 0.2) is 23.0 Å². The zero-order chi connectivity index (χ0) is 15.5. The van der Waals surface area contributed by atoms with Crippen LogP contribution >= 0.6 is 0 Å². The van der Waals surface area contributed by atoms with Crippen LogP contribution in [-0.4, -0.2) is 57.8 Å². The first-order valence-corrected chi connectivity index (χ1v) is 8.07. The van der Waals surface area contributed by atoms with Crippen LogP contribution in [0.1, 0.15) is 30.7 Å². The largest absolute Gasteiger partial charge is 0.368 e. The van der Waals surface area contributed by atoms with Crippen molar-refractivity contribution in [3.8, 4) is 0 Å². The molecule has 0 amide bonds. The van der Waals surface area contributed by atoms with E-state index in [4.69, 9.17) is 9.26 Å². The molecule has 4 rings (SSSR count). The van der Waals surface area contributed by atoms with Crippen LogP contribution in [0.4, 0.5) is 5.95 Å². The molecule has 2 aliphatic rings. The first-order valence-electron chi connectivity index (χ1n) is 8.07. The summed E-state index contributed by atoms with van der Waals surface area (Å²) in [6, 6.07) is 1.83. The molecule has 8 nitrogen and oxygen atoms in total. The molecule has 0 N–H and O–H groups in total. The van der Waals surface area contributed by atoms with Crippen molar-refractivity contribution in [3.05, 3.63) is 30.2 Å². The summed E-state index contributed by atoms with van der Waals surface area (Å²) < 4.78 is 10.9. The molecule has 23 heavy (non-hydrogen) atoms. The highest BCUT2D eigenvalue weighted by molar-refractivity contribution is 5.29. The van der Waals surface area contributed by atoms with Crippen LogP contribution in [0.25, 0.3) is 0 Å². The second kappa shape index (κ2) is 6.59. The molecule has 122 valence electrons. The smallest absolute Gasteiger partial charge is 0.255 e. The third kappa shape index (κ3) is 3.32. The Balaban J connectivity index is 1.31. The fourth-order valence-corrected chi connectivity index (χ4v) is 3.00. The standard InChI is InChI=1S/C15H20N6O2/c1-3-12(22-10-1)14-18-13(19-23-14)11-20-6-8-21(9-7-20)15-16-4-2-5-17-15/h2,4-5,12H,1,3,6-11H2. The maximum Gasteiger partial charge on any atom is 0.255 e. The van der Waals surface area contributed by atoms with Crippen molar-refractivity contribution < 1.29 is 9.26 Å². The third-order valence-corrected chi connectivity index (χ3v) is 4.26. The second-order valence-electron chi connectivity index (χ2n) is 5.86. The van der Waals surface area contributed by atoms with Crippen molar-refractivity contribution in [2.45, 2.75) is 25.5 Å². The number of piperazine rings is 1. The van der Waals surface area contributed by atoms with Crippen LogP contribution < -0.4 is 4.90 Å². The van der Waals surface area contributed by atoms with Gasteiger partial charge in [0.05, 0.1) is 6.54 Å². The van der Waals surface area contributed by atoms with Gasteiger partial charge in [-0.1, -0.05) is 5.16 Å². The zero-order valence-corrected chi connectivity index (χ0v) is 13.0. The van der Waals surface area contributed by atoms with E-state index in [1.54, 1.807) is 12.4 Å². The van der Waals surface area contributed by atoms with Gasteiger partial charge >= 0.3 is 0 Å². The molecule has 0 bridgehead atoms. The SMILES string of the molecule is c1cnc(N2CCN(Cc3noc(C4CCCO4)n3)CC2)nc1. The van der Waals surface area contributed by atoms with Crippen LogP contribution in [0.2, 0.25) is 0 Å². The van der Waals surface area contributed by atoms with Gasteiger partial charge in [-0.2, -0.15) is 4.98 Å². The van der Waals surface area contributed by atoms with E-state index in [0.717, 1.165) is 57.4 Å². The Hall–Kier alpha value is -2.06. The predicted octanol–water partition coefficient (Wildman–Crippen LogP) is 1.03. The van der Waals surface area contributed by atoms with Crippen molar-refractivity contribution in [3.63, 3.8) is 0 Å². The van der Waals surface area contributed by atoms with Gasteiger partial charge < -0.3 is 14.2 Å². The molecule has 0 aromatic carbocycles. The Labute approximate surface area is 134 Å². The molecule has 0 aliphatic carbocycles. The highest BCUT2D eigenvalue weighted by Crippen LogP contribution is 2.27. The average molecular weight is 316 g/mol. The van der Waals surface area contributed by atoms with Crippen molar-refractivity contribution in [2.75, 3.05) is 37.7 Å². The van der Waals surface area contributed by atoms with Crippen molar-refractivity contribution in [1.29, 1.82) is 0 Å². The van der Waals surface area contributed by atoms with Gasteiger partial charge in [-0.05, 0) is 18.9 Å². The first-order chi connectivity index (χ1) is 11.4. The molecule has 0 spiro atoms. The van der Waals surface area contributed by atoms with Crippen molar-refractivity contribution >= 4 is 5.95 Å². The lowest BCUT2D eigenvalue weighted by atomic mass is 10.2. The van der Waals surface area contributed by atoms with Crippen LogP contribution in [0.5, 0.6) is 0 Å². The van der Waals surface area contributed by atoms with Gasteiger partial charge in [0.2, 0.25) is 5.95 Å². The number of hydrogen-bond donors (Lipinski definition) is 0. The number of hydrogen-bond acceptors (Lipinski definition) is 8. The molecular weight excluding hydrogens is 296 g/mol. The Morgan fingerprint density at radius 1 is 1.13 bits per heavy atom. The van der Waals surface area contributed by atoms with Crippen molar-refractivity contribution in [2.24, 2.45) is 0 Å². The minimum atomic E-state index is -0.0108. The van der Waals surface area contributed by atoms with Crippen LogP contribution in [0, 0.1) is 0 Å². The summed E-state index contributed by atoms with van der Waals surface area (Å²) in [5, 5.41) is 4.09. The predicted molar refractivity (Wildman–Crippen MR) is 81.7 cm³/mol. The highest BCUT2D eigenvalue weighted by Gasteiger charge is 2.25. The van der Waals surface area contributed by atoms with Crippen LogP contribution in [-0.2, 0) is 11.3 Å². The summed E-state index contributed by atoms with van der Waals surface area (Å²) >= 11 is 0. The molecule has 2 aromatic heterocycles. The lowest BCUT2D eigenvalue weighted by Crippen LogP contribution is -2.46. The van der Waals surface area contributed by atoms with Gasteiger partial charge in [0.25, 0.3) is 5.89 Å². The molecule has 2 aliphatic heterocycles. The van der Waals surface area contributed by atoms with E-state index in [9.17, 15) is 0 Å². The lowest BCUT2D eigenvalue weighted by molar-refractivity contribution is 0.0835. The quantitative estimate of drug-likeness (QED) is 0.827. The minimum Gasteiger partial charge on any atom is -0.368 e. The van der Waals surface area contributed by atoms with Gasteiger partial charge in [-0.3, -0.25) is 4.90 Å². The average Bonchev–Trinajstić information content (AvgIpc) is 3.28. The summed E-state index contributed by atoms with van der Waals surface area (Å²) in [6.07, 6.45) is 5.58. The monoisotopic (exact) mass is 316 g/mol. The number of ether oxygens (including phenoxy) is 1. The second-order valence-corrected chi connectivity index (χ2v) is 5.86. The molecule has 0 radical (unpaired) electrons. The molecule has 0 saturated carbocycles. The van der Waals surface area contributed by atoms with E-state index in [2.05, 4.69) is 29.9 Å². The number of rotatable bonds is 4. The molecule has 2 saturated heterocycles. The van der Waals surface area contributed by atoms with Gasteiger partial charge in [0.1, 0.15) is 6.10 Å². The summed E-state index contributed by atoms with van der Waals surface area (Å²) in [5.74, 6) is 2.15. The third-order valence-electron chi connectivity index (χ3n) is 4.26. The minimum absolute atomic E-state index is 0.0108. The van der Waals surface area contributed by atoms with Gasteiger partial charge in [0.15, 0.2) is 5.82 Å². The summed E-state index contributed by atoms with van der Waals surface area (Å²) in [7, 11) is 0. The maximum absolute atomic E-state index is 5.57. The van der Waals surface area contributed by atoms with Crippen LogP contribution in [0.3, 0.4) is 0 Å². The van der Waals surface area contributed by atoms with E-state index < -0.39 is 0 Å². The van der Waals surface area contributed by atoms with E-state index >= 15 is 0 Å². The Bertz CT molecular complexity index is 620. The summed E-state index contributed by atoms with van der Waals surface area (Å²) in [5.41, 5.74) is 0. The van der Waals surface area contributed by atoms with E-state index in [0.29, 0.717) is 12.4 Å². The Kier molecular flexibility index (Phi) is 4.16. The fraction of sp³-hybridized carbons (Fsp3) is 0.600. The maximum atomic E-state index is 5.57. The fourth-order valence-electron chi connectivity index (χ4n) is 3.00. The van der Waals surface area contributed by atoms with Gasteiger partial charge in [-0.15, -0.1) is 0 Å². The number of aromatic nitrogens is 4. The normalized spacial score (nSPS) is 22.6. The molecule has 8 heteroatoms. The highest BCUT2D eigenvalue weighted by atomic mass is 16.5. The molecule has 1 unspecified atom stereocenters. The van der Waals surface area contributed by atoms with Crippen molar-refractivity contribution in [1.82, 2.24) is 25.0 Å². The van der Waals surface area contributed by atoms with E-state index in [1.165, 1.54) is 0 Å². The first kappa shape index (κ1) is 14.5. The zero-order valence-electron chi connectivity index (χ0n) is 13.0. The number of nitrogens with zero attached hydrogens (tertiary/aromatic N) is 6. The molecule has 4 heterocycles. The van der Waals surface area contributed by atoms with E-state index in [-0.39, 0.29) is 6.10 Å². The van der Waals surface area contributed by atoms with Gasteiger partial charge in [0, 0.05) is 45.2 Å². The molecule has 2 aromatic rings. The molecule has 2 fully saturated rings. The summed E-state index contributed by atoms with van der Waals surface area (Å²) in [6.45, 7) is 5.16. The Morgan fingerprint density at radius 3 is 2.70 bits per heavy atom. The van der Waals surface area contributed by atoms with Gasteiger partial charge in [-0.25, -0.2) is 9.97 Å². The molecular formula is C15H20N6O2. The van der Waals surface area contributed by atoms with E-state index in [1.807, 2.05) is 6.07 Å². The summed E-state index contributed by atoms with van der Waals surface area (Å²) in [4.78, 5) is 17.6.